The van der Waals surface area contributed by atoms with Crippen LogP contribution >= 0.6 is 0 Å². The molecule has 6 rings (SSSR count). The summed E-state index contributed by atoms with van der Waals surface area (Å²) in [7, 11) is 0. The summed E-state index contributed by atoms with van der Waals surface area (Å²) in [6, 6.07) is 23.1. The van der Waals surface area contributed by atoms with Gasteiger partial charge in [0.1, 0.15) is 23.8 Å². The Morgan fingerprint density at radius 2 is 1.39 bits per heavy atom. The molecule has 2 fully saturated rings. The van der Waals surface area contributed by atoms with E-state index in [1.54, 1.807) is 0 Å². The fourth-order valence-electron chi connectivity index (χ4n) is 6.24. The molecular weight excluding hydrogens is 645 g/mol. The number of nitrogens with zero attached hydrogens (tertiary/aromatic N) is 4. The minimum absolute atomic E-state index is 0.0299. The van der Waals surface area contributed by atoms with Crippen molar-refractivity contribution in [2.45, 2.75) is 44.4 Å². The molecule has 0 aliphatic carbocycles. The molecule has 0 aromatic heterocycles. The predicted molar refractivity (Wildman–Crippen MR) is 169 cm³/mol. The Morgan fingerprint density at radius 3 is 2.04 bits per heavy atom. The molecule has 4 amide bonds. The van der Waals surface area contributed by atoms with Crippen molar-refractivity contribution in [3.8, 4) is 0 Å². The highest BCUT2D eigenvalue weighted by molar-refractivity contribution is 5.91. The number of carbonyl (C=O) groups excluding carboxylic acids is 3. The second kappa shape index (κ2) is 14.0. The molecule has 2 aliphatic heterocycles. The lowest BCUT2D eigenvalue weighted by Crippen LogP contribution is -2.76. The van der Waals surface area contributed by atoms with Crippen molar-refractivity contribution in [1.82, 2.24) is 25.1 Å². The van der Waals surface area contributed by atoms with E-state index in [0.29, 0.717) is 11.1 Å². The summed E-state index contributed by atoms with van der Waals surface area (Å²) in [4.78, 5) is 44.9. The van der Waals surface area contributed by atoms with Gasteiger partial charge in [0.25, 0.3) is 0 Å². The molecule has 13 heteroatoms. The Kier molecular flexibility index (Phi) is 9.63. The van der Waals surface area contributed by atoms with Crippen LogP contribution in [0.25, 0.3) is 0 Å². The average molecular weight is 678 g/mol. The zero-order valence-electron chi connectivity index (χ0n) is 26.1. The van der Waals surface area contributed by atoms with Gasteiger partial charge in [0.05, 0.1) is 18.7 Å². The van der Waals surface area contributed by atoms with Crippen LogP contribution in [0.3, 0.4) is 0 Å². The summed E-state index contributed by atoms with van der Waals surface area (Å²) in [6.45, 7) is -0.544. The number of hydrogen-bond donors (Lipinski definition) is 1. The molecule has 4 aromatic carbocycles. The average Bonchev–Trinajstić information content (AvgIpc) is 3.08. The van der Waals surface area contributed by atoms with Gasteiger partial charge in [-0.3, -0.25) is 9.59 Å². The molecule has 0 bridgehead atoms. The van der Waals surface area contributed by atoms with Gasteiger partial charge in [0, 0.05) is 26.1 Å². The van der Waals surface area contributed by atoms with Gasteiger partial charge in [0.15, 0.2) is 0 Å². The van der Waals surface area contributed by atoms with Crippen LogP contribution < -0.4 is 5.32 Å². The lowest BCUT2D eigenvalue weighted by Gasteiger charge is -2.55. The number of fused-ring (bicyclic) bond motifs is 1. The fourth-order valence-corrected chi connectivity index (χ4v) is 6.24. The van der Waals surface area contributed by atoms with Gasteiger partial charge < -0.3 is 15.1 Å². The summed E-state index contributed by atoms with van der Waals surface area (Å²) < 4.78 is 68.2. The molecule has 2 heterocycles. The Morgan fingerprint density at radius 1 is 0.755 bits per heavy atom. The third-order valence-electron chi connectivity index (χ3n) is 8.57. The number of amides is 4. The van der Waals surface area contributed by atoms with E-state index in [1.165, 1.54) is 80.5 Å². The molecule has 0 radical (unpaired) electrons. The van der Waals surface area contributed by atoms with Gasteiger partial charge in [-0.2, -0.15) is 13.2 Å². The molecule has 49 heavy (non-hydrogen) atoms. The molecule has 0 saturated carbocycles. The Bertz CT molecular complexity index is 1800. The van der Waals surface area contributed by atoms with Crippen LogP contribution in [0, 0.1) is 11.6 Å². The summed E-state index contributed by atoms with van der Waals surface area (Å²) in [6.07, 6.45) is -5.70. The molecule has 8 nitrogen and oxygen atoms in total. The molecular formula is C36H32F5N5O3. The molecule has 2 atom stereocenters. The van der Waals surface area contributed by atoms with Gasteiger partial charge in [0.2, 0.25) is 11.8 Å². The van der Waals surface area contributed by atoms with Gasteiger partial charge in [-0.1, -0.05) is 66.7 Å². The van der Waals surface area contributed by atoms with Crippen LogP contribution in [-0.4, -0.2) is 63.0 Å². The number of benzene rings is 4. The Balaban J connectivity index is 1.38. The summed E-state index contributed by atoms with van der Waals surface area (Å²) in [5.41, 5.74) is 1.30. The molecule has 4 aromatic rings. The lowest BCUT2D eigenvalue weighted by atomic mass is 9.98. The van der Waals surface area contributed by atoms with Crippen molar-refractivity contribution in [1.29, 1.82) is 0 Å². The van der Waals surface area contributed by atoms with Crippen molar-refractivity contribution >= 4 is 17.8 Å². The van der Waals surface area contributed by atoms with E-state index < -0.39 is 53.4 Å². The number of piperazine rings is 1. The van der Waals surface area contributed by atoms with E-state index in [2.05, 4.69) is 5.32 Å². The monoisotopic (exact) mass is 677 g/mol. The van der Waals surface area contributed by atoms with Crippen molar-refractivity contribution in [2.75, 3.05) is 13.1 Å². The maximum Gasteiger partial charge on any atom is 0.416 e. The standard InChI is InChI=1S/C36H32F5N5O3/c37-29-13-9-24(10-14-29)18-31-34(48)43(20-27-7-4-8-28(17-27)36(39,40)41)22-32-45(31)33(47)23-44(21-26-11-15-30(38)16-12-26)46(32)35(49)42-19-25-5-2-1-3-6-25/h1-17,31-32H,18-23H2,(H,42,49)/t31-,32-/m0/s1. The Labute approximate surface area is 279 Å². The van der Waals surface area contributed by atoms with Gasteiger partial charge >= 0.3 is 12.2 Å². The largest absolute Gasteiger partial charge is 0.416 e. The van der Waals surface area contributed by atoms with Crippen LogP contribution in [0.15, 0.2) is 103 Å². The van der Waals surface area contributed by atoms with Crippen molar-refractivity contribution in [3.63, 3.8) is 0 Å². The van der Waals surface area contributed by atoms with Crippen LogP contribution in [-0.2, 0) is 41.8 Å². The first-order valence-corrected chi connectivity index (χ1v) is 15.6. The van der Waals surface area contributed by atoms with Gasteiger partial charge in [-0.25, -0.2) is 23.6 Å². The van der Waals surface area contributed by atoms with E-state index >= 15 is 0 Å². The van der Waals surface area contributed by atoms with E-state index in [-0.39, 0.29) is 44.7 Å². The SMILES string of the molecule is O=C1[C@H](Cc2ccc(F)cc2)N2C(=O)CN(Cc3ccc(F)cc3)N(C(=O)NCc3ccccc3)[C@H]2CN1Cc1cccc(C(F)(F)F)c1. The van der Waals surface area contributed by atoms with Crippen molar-refractivity contribution in [2.24, 2.45) is 0 Å². The predicted octanol–water partition coefficient (Wildman–Crippen LogP) is 5.73. The number of urea groups is 1. The normalized spacial score (nSPS) is 18.4. The number of rotatable bonds is 8. The molecule has 2 aliphatic rings. The number of halogens is 5. The number of hydrazine groups is 1. The number of nitrogens with one attached hydrogen (secondary N) is 1. The van der Waals surface area contributed by atoms with Crippen LogP contribution in [0.5, 0.6) is 0 Å². The van der Waals surface area contributed by atoms with Crippen LogP contribution in [0.2, 0.25) is 0 Å². The molecule has 0 unspecified atom stereocenters. The lowest BCUT2D eigenvalue weighted by molar-refractivity contribution is -0.192. The molecule has 1 N–H and O–H groups in total. The zero-order valence-corrected chi connectivity index (χ0v) is 26.1. The van der Waals surface area contributed by atoms with Crippen molar-refractivity contribution in [3.05, 3.63) is 143 Å². The highest BCUT2D eigenvalue weighted by Crippen LogP contribution is 2.32. The quantitative estimate of drug-likeness (QED) is 0.242. The maximum absolute atomic E-state index is 14.1. The second-order valence-electron chi connectivity index (χ2n) is 12.0. The van der Waals surface area contributed by atoms with Crippen molar-refractivity contribution < 1.29 is 36.3 Å². The number of carbonyl (C=O) groups is 3. The van der Waals surface area contributed by atoms with Crippen LogP contribution in [0.1, 0.15) is 27.8 Å². The van der Waals surface area contributed by atoms with Crippen LogP contribution in [0.4, 0.5) is 26.7 Å². The van der Waals surface area contributed by atoms with E-state index in [4.69, 9.17) is 0 Å². The first-order chi connectivity index (χ1) is 23.5. The third kappa shape index (κ3) is 7.72. The van der Waals surface area contributed by atoms with E-state index in [9.17, 15) is 36.3 Å². The highest BCUT2D eigenvalue weighted by Gasteiger charge is 2.51. The summed E-state index contributed by atoms with van der Waals surface area (Å²) in [5, 5.41) is 5.77. The molecule has 2 saturated heterocycles. The zero-order chi connectivity index (χ0) is 34.7. The first-order valence-electron chi connectivity index (χ1n) is 15.6. The highest BCUT2D eigenvalue weighted by atomic mass is 19.4. The fraction of sp³-hybridized carbons (Fsp3) is 0.250. The smallest absolute Gasteiger partial charge is 0.333 e. The minimum atomic E-state index is -4.60. The minimum Gasteiger partial charge on any atom is -0.333 e. The molecule has 254 valence electrons. The van der Waals surface area contributed by atoms with E-state index in [0.717, 1.165) is 17.7 Å². The second-order valence-corrected chi connectivity index (χ2v) is 12.0. The maximum atomic E-state index is 14.1. The Hall–Kier alpha value is -5.30. The van der Waals surface area contributed by atoms with E-state index in [1.807, 2.05) is 30.3 Å². The number of hydrogen-bond acceptors (Lipinski definition) is 4. The van der Waals surface area contributed by atoms with Gasteiger partial charge in [-0.05, 0) is 58.7 Å². The first kappa shape index (κ1) is 33.6. The third-order valence-corrected chi connectivity index (χ3v) is 8.57. The molecule has 0 spiro atoms. The van der Waals surface area contributed by atoms with Gasteiger partial charge in [-0.15, -0.1) is 0 Å². The topological polar surface area (TPSA) is 76.2 Å². The summed E-state index contributed by atoms with van der Waals surface area (Å²) >= 11 is 0. The number of alkyl halides is 3. The summed E-state index contributed by atoms with van der Waals surface area (Å²) in [5.74, 6) is -1.93.